The van der Waals surface area contributed by atoms with E-state index in [4.69, 9.17) is 0 Å². The Morgan fingerprint density at radius 1 is 1.47 bits per heavy atom. The molecule has 104 valence electrons. The van der Waals surface area contributed by atoms with Gasteiger partial charge in [-0.15, -0.1) is 0 Å². The number of fused-ring (bicyclic) bond motifs is 1. The first kappa shape index (κ1) is 14.0. The summed E-state index contributed by atoms with van der Waals surface area (Å²) in [6.07, 6.45) is 2.83. The minimum atomic E-state index is -3.62. The zero-order chi connectivity index (χ0) is 14.0. The molecule has 2 unspecified atom stereocenters. The molecule has 2 heterocycles. The number of pyridine rings is 1. The molecule has 19 heavy (non-hydrogen) atoms. The molecule has 0 radical (unpaired) electrons. The number of hydrogen-bond donors (Lipinski definition) is 3. The van der Waals surface area contributed by atoms with Crippen molar-refractivity contribution in [1.29, 1.82) is 0 Å². The third-order valence-electron chi connectivity index (χ3n) is 2.75. The highest BCUT2D eigenvalue weighted by Gasteiger charge is 2.21. The highest BCUT2D eigenvalue weighted by molar-refractivity contribution is 7.89. The highest BCUT2D eigenvalue weighted by atomic mass is 32.2. The van der Waals surface area contributed by atoms with Gasteiger partial charge in [0.1, 0.15) is 10.5 Å². The van der Waals surface area contributed by atoms with Crippen molar-refractivity contribution in [3.8, 4) is 0 Å². The van der Waals surface area contributed by atoms with E-state index in [1.165, 1.54) is 6.20 Å². The summed E-state index contributed by atoms with van der Waals surface area (Å²) in [4.78, 5) is 7.06. The van der Waals surface area contributed by atoms with E-state index >= 15 is 0 Å². The van der Waals surface area contributed by atoms with Crippen LogP contribution in [0.2, 0.25) is 0 Å². The van der Waals surface area contributed by atoms with Gasteiger partial charge < -0.3 is 10.1 Å². The zero-order valence-electron chi connectivity index (χ0n) is 10.8. The van der Waals surface area contributed by atoms with Gasteiger partial charge in [-0.1, -0.05) is 0 Å². The molecule has 3 N–H and O–H groups in total. The Labute approximate surface area is 111 Å². The summed E-state index contributed by atoms with van der Waals surface area (Å²) in [5.74, 6) is 0. The molecule has 2 aromatic heterocycles. The Hall–Kier alpha value is -1.44. The van der Waals surface area contributed by atoms with Crippen molar-refractivity contribution >= 4 is 21.1 Å². The maximum Gasteiger partial charge on any atom is 0.242 e. The largest absolute Gasteiger partial charge is 0.393 e. The fourth-order valence-electron chi connectivity index (χ4n) is 2.04. The van der Waals surface area contributed by atoms with E-state index in [-0.39, 0.29) is 10.9 Å². The molecule has 0 aromatic carbocycles. The zero-order valence-corrected chi connectivity index (χ0v) is 11.6. The van der Waals surface area contributed by atoms with Crippen molar-refractivity contribution in [2.75, 3.05) is 0 Å². The second kappa shape index (κ2) is 5.28. The van der Waals surface area contributed by atoms with Crippen LogP contribution in [-0.2, 0) is 10.0 Å². The lowest BCUT2D eigenvalue weighted by Crippen LogP contribution is -2.34. The van der Waals surface area contributed by atoms with Crippen LogP contribution in [0.25, 0.3) is 11.0 Å². The number of hydrogen-bond acceptors (Lipinski definition) is 4. The number of sulfonamides is 1. The van der Waals surface area contributed by atoms with Crippen molar-refractivity contribution in [2.24, 2.45) is 0 Å². The molecule has 0 spiro atoms. The topological polar surface area (TPSA) is 95.1 Å². The first-order chi connectivity index (χ1) is 8.90. The minimum Gasteiger partial charge on any atom is -0.393 e. The predicted molar refractivity (Wildman–Crippen MR) is 72.2 cm³/mol. The molecule has 0 bridgehead atoms. The average Bonchev–Trinajstić information content (AvgIpc) is 2.70. The van der Waals surface area contributed by atoms with Crippen LogP contribution in [0.5, 0.6) is 0 Å². The Morgan fingerprint density at radius 3 is 2.89 bits per heavy atom. The molecule has 7 heteroatoms. The molecule has 0 aliphatic heterocycles. The van der Waals surface area contributed by atoms with Crippen molar-refractivity contribution in [2.45, 2.75) is 37.3 Å². The van der Waals surface area contributed by atoms with Gasteiger partial charge in [0.25, 0.3) is 0 Å². The second-order valence-corrected chi connectivity index (χ2v) is 6.34. The first-order valence-electron chi connectivity index (χ1n) is 6.02. The fraction of sp³-hybridized carbons (Fsp3) is 0.417. The number of H-pyrrole nitrogens is 1. The fourth-order valence-corrected chi connectivity index (χ4v) is 3.46. The summed E-state index contributed by atoms with van der Waals surface area (Å²) in [5, 5.41) is 9.83. The molecule has 2 aromatic rings. The Morgan fingerprint density at radius 2 is 2.21 bits per heavy atom. The number of nitrogens with one attached hydrogen (secondary N) is 2. The van der Waals surface area contributed by atoms with Crippen LogP contribution in [-0.4, -0.2) is 35.6 Å². The smallest absolute Gasteiger partial charge is 0.242 e. The van der Waals surface area contributed by atoms with Crippen LogP contribution >= 0.6 is 0 Å². The maximum atomic E-state index is 12.3. The molecule has 2 rings (SSSR count). The van der Waals surface area contributed by atoms with E-state index < -0.39 is 16.1 Å². The molecular weight excluding hydrogens is 266 g/mol. The molecule has 6 nitrogen and oxygen atoms in total. The molecule has 0 aliphatic rings. The van der Waals surface area contributed by atoms with Crippen LogP contribution in [0, 0.1) is 0 Å². The van der Waals surface area contributed by atoms with Gasteiger partial charge in [0.2, 0.25) is 10.0 Å². The van der Waals surface area contributed by atoms with E-state index in [1.807, 2.05) is 0 Å². The predicted octanol–water partition coefficient (Wildman–Crippen LogP) is 1.00. The van der Waals surface area contributed by atoms with Gasteiger partial charge in [-0.05, 0) is 32.4 Å². The number of nitrogens with zero attached hydrogens (tertiary/aromatic N) is 1. The average molecular weight is 283 g/mol. The monoisotopic (exact) mass is 283 g/mol. The van der Waals surface area contributed by atoms with Crippen LogP contribution in [0.1, 0.15) is 20.3 Å². The van der Waals surface area contributed by atoms with Crippen LogP contribution in [0.3, 0.4) is 0 Å². The second-order valence-electron chi connectivity index (χ2n) is 4.66. The lowest BCUT2D eigenvalue weighted by molar-refractivity contribution is 0.175. The summed E-state index contributed by atoms with van der Waals surface area (Å²) < 4.78 is 27.1. The molecular formula is C12H17N3O3S. The van der Waals surface area contributed by atoms with Gasteiger partial charge in [0, 0.05) is 23.8 Å². The summed E-state index contributed by atoms with van der Waals surface area (Å²) in [5.41, 5.74) is 0.533. The molecule has 0 saturated carbocycles. The van der Waals surface area contributed by atoms with E-state index in [0.717, 1.165) is 0 Å². The molecule has 0 saturated heterocycles. The third-order valence-corrected chi connectivity index (χ3v) is 4.38. The van der Waals surface area contributed by atoms with E-state index in [1.54, 1.807) is 32.2 Å². The first-order valence-corrected chi connectivity index (χ1v) is 7.51. The third kappa shape index (κ3) is 3.12. The number of aromatic nitrogens is 2. The lowest BCUT2D eigenvalue weighted by Gasteiger charge is -2.15. The van der Waals surface area contributed by atoms with Gasteiger partial charge in [-0.25, -0.2) is 18.1 Å². The van der Waals surface area contributed by atoms with Gasteiger partial charge in [0.05, 0.1) is 6.10 Å². The van der Waals surface area contributed by atoms with Crippen molar-refractivity contribution in [1.82, 2.24) is 14.7 Å². The van der Waals surface area contributed by atoms with Crippen LogP contribution < -0.4 is 4.72 Å². The Kier molecular flexibility index (Phi) is 3.88. The normalized spacial score (nSPS) is 15.5. The van der Waals surface area contributed by atoms with E-state index in [0.29, 0.717) is 17.5 Å². The van der Waals surface area contributed by atoms with Crippen molar-refractivity contribution < 1.29 is 13.5 Å². The van der Waals surface area contributed by atoms with Gasteiger partial charge >= 0.3 is 0 Å². The number of rotatable bonds is 5. The number of aromatic amines is 1. The summed E-state index contributed by atoms with van der Waals surface area (Å²) in [7, 11) is -3.62. The van der Waals surface area contributed by atoms with E-state index in [2.05, 4.69) is 14.7 Å². The summed E-state index contributed by atoms with van der Waals surface area (Å²) in [6, 6.07) is 3.05. The Balaban J connectivity index is 2.29. The molecule has 0 aliphatic carbocycles. The van der Waals surface area contributed by atoms with Crippen molar-refractivity contribution in [3.63, 3.8) is 0 Å². The number of aliphatic hydroxyl groups is 1. The minimum absolute atomic E-state index is 0.174. The highest BCUT2D eigenvalue weighted by Crippen LogP contribution is 2.21. The SMILES string of the molecule is CC(O)CC(C)NS(=O)(=O)c1c[nH]c2ncccc12. The van der Waals surface area contributed by atoms with Gasteiger partial charge in [0.15, 0.2) is 0 Å². The maximum absolute atomic E-state index is 12.3. The summed E-state index contributed by atoms with van der Waals surface area (Å²) in [6.45, 7) is 3.35. The van der Waals surface area contributed by atoms with Crippen molar-refractivity contribution in [3.05, 3.63) is 24.5 Å². The quantitative estimate of drug-likeness (QED) is 0.763. The standard InChI is InChI=1S/C12H17N3O3S/c1-8(6-9(2)16)15-19(17,18)11-7-14-12-10(11)4-3-5-13-12/h3-5,7-9,15-16H,6H2,1-2H3,(H,13,14). The summed E-state index contributed by atoms with van der Waals surface area (Å²) >= 11 is 0. The number of aliphatic hydroxyl groups excluding tert-OH is 1. The van der Waals surface area contributed by atoms with Crippen LogP contribution in [0.4, 0.5) is 0 Å². The Bertz CT molecular complexity index is 664. The lowest BCUT2D eigenvalue weighted by atomic mass is 10.2. The van der Waals surface area contributed by atoms with Gasteiger partial charge in [-0.3, -0.25) is 0 Å². The van der Waals surface area contributed by atoms with E-state index in [9.17, 15) is 13.5 Å². The molecule has 2 atom stereocenters. The van der Waals surface area contributed by atoms with Crippen LogP contribution in [0.15, 0.2) is 29.4 Å². The van der Waals surface area contributed by atoms with Gasteiger partial charge in [-0.2, -0.15) is 0 Å². The molecule has 0 amide bonds. The molecule has 0 fully saturated rings.